The van der Waals surface area contributed by atoms with Crippen molar-refractivity contribution in [1.29, 1.82) is 0 Å². The summed E-state index contributed by atoms with van der Waals surface area (Å²) in [7, 11) is 0. The number of H-pyrrole nitrogens is 1. The first-order chi connectivity index (χ1) is 8.24. The molecule has 17 heavy (non-hydrogen) atoms. The molecule has 0 aliphatic heterocycles. The molecule has 4 nitrogen and oxygen atoms in total. The van der Waals surface area contributed by atoms with Gasteiger partial charge in [-0.15, -0.1) is 11.8 Å². The molecule has 1 heterocycles. The second-order valence-electron chi connectivity index (χ2n) is 3.62. The lowest BCUT2D eigenvalue weighted by atomic mass is 10.2. The van der Waals surface area contributed by atoms with Gasteiger partial charge in [0.2, 0.25) is 5.91 Å². The van der Waals surface area contributed by atoms with E-state index in [1.807, 2.05) is 31.2 Å². The molecular formula is C12H13N3OS. The highest BCUT2D eigenvalue weighted by Gasteiger charge is 2.03. The number of carbonyl (C=O) groups excluding carboxylic acids is 1. The number of nitrogens with zero attached hydrogens (tertiary/aromatic N) is 1. The van der Waals surface area contributed by atoms with Crippen LogP contribution in [0.1, 0.15) is 5.56 Å². The Bertz CT molecular complexity index is 479. The summed E-state index contributed by atoms with van der Waals surface area (Å²) in [4.78, 5) is 12.7. The van der Waals surface area contributed by atoms with Crippen molar-refractivity contribution in [3.8, 4) is 0 Å². The topological polar surface area (TPSA) is 57.8 Å². The van der Waals surface area contributed by atoms with Gasteiger partial charge in [-0.25, -0.2) is 0 Å². The molecule has 1 aromatic heterocycles. The highest BCUT2D eigenvalue weighted by Crippen LogP contribution is 2.18. The zero-order valence-electron chi connectivity index (χ0n) is 9.43. The summed E-state index contributed by atoms with van der Waals surface area (Å²) >= 11 is 1.51. The minimum absolute atomic E-state index is 0.0418. The maximum absolute atomic E-state index is 11.6. The maximum atomic E-state index is 11.6. The van der Waals surface area contributed by atoms with E-state index in [0.29, 0.717) is 11.6 Å². The van der Waals surface area contributed by atoms with Crippen LogP contribution in [0.4, 0.5) is 5.82 Å². The number of thioether (sulfide) groups is 1. The molecule has 1 amide bonds. The van der Waals surface area contributed by atoms with Crippen LogP contribution in [-0.4, -0.2) is 21.9 Å². The fraction of sp³-hybridized carbons (Fsp3) is 0.167. The molecule has 5 heteroatoms. The Balaban J connectivity index is 1.82. The molecule has 0 fully saturated rings. The lowest BCUT2D eigenvalue weighted by Gasteiger charge is -2.03. The summed E-state index contributed by atoms with van der Waals surface area (Å²) in [5, 5.41) is 9.16. The van der Waals surface area contributed by atoms with E-state index in [-0.39, 0.29) is 5.91 Å². The molecule has 0 saturated carbocycles. The van der Waals surface area contributed by atoms with Crippen molar-refractivity contribution in [3.05, 3.63) is 42.1 Å². The van der Waals surface area contributed by atoms with Crippen molar-refractivity contribution < 1.29 is 4.79 Å². The molecule has 1 aromatic carbocycles. The number of nitrogens with one attached hydrogen (secondary N) is 2. The zero-order valence-corrected chi connectivity index (χ0v) is 10.3. The quantitative estimate of drug-likeness (QED) is 0.816. The first-order valence-electron chi connectivity index (χ1n) is 5.23. The van der Waals surface area contributed by atoms with Crippen molar-refractivity contribution in [2.45, 2.75) is 11.8 Å². The number of aromatic amines is 1. The molecule has 0 spiro atoms. The van der Waals surface area contributed by atoms with Crippen molar-refractivity contribution in [2.24, 2.45) is 0 Å². The Morgan fingerprint density at radius 2 is 2.12 bits per heavy atom. The third-order valence-electron chi connectivity index (χ3n) is 2.17. The van der Waals surface area contributed by atoms with Crippen LogP contribution in [0.5, 0.6) is 0 Å². The predicted molar refractivity (Wildman–Crippen MR) is 69.1 cm³/mol. The van der Waals surface area contributed by atoms with E-state index in [1.54, 1.807) is 12.3 Å². The van der Waals surface area contributed by atoms with Crippen molar-refractivity contribution in [1.82, 2.24) is 10.2 Å². The number of hydrogen-bond donors (Lipinski definition) is 2. The first kappa shape index (κ1) is 11.7. The van der Waals surface area contributed by atoms with Crippen molar-refractivity contribution in [2.75, 3.05) is 11.1 Å². The Hall–Kier alpha value is -1.75. The van der Waals surface area contributed by atoms with Gasteiger partial charge in [0.1, 0.15) is 5.82 Å². The van der Waals surface area contributed by atoms with Crippen LogP contribution in [0, 0.1) is 6.92 Å². The van der Waals surface area contributed by atoms with Crippen LogP contribution >= 0.6 is 11.8 Å². The highest BCUT2D eigenvalue weighted by atomic mass is 32.2. The maximum Gasteiger partial charge on any atom is 0.235 e. The normalized spacial score (nSPS) is 10.2. The fourth-order valence-electron chi connectivity index (χ4n) is 1.30. The summed E-state index contributed by atoms with van der Waals surface area (Å²) in [5.74, 6) is 0.974. The number of hydrogen-bond acceptors (Lipinski definition) is 3. The van der Waals surface area contributed by atoms with Gasteiger partial charge in [-0.05, 0) is 19.1 Å². The summed E-state index contributed by atoms with van der Waals surface area (Å²) in [6.45, 7) is 2.04. The lowest BCUT2D eigenvalue weighted by Crippen LogP contribution is -2.14. The molecule has 88 valence electrons. The number of aryl methyl sites for hydroxylation is 1. The minimum atomic E-state index is -0.0418. The average Bonchev–Trinajstić information content (AvgIpc) is 2.81. The van der Waals surface area contributed by atoms with Crippen LogP contribution in [0.2, 0.25) is 0 Å². The van der Waals surface area contributed by atoms with E-state index in [9.17, 15) is 4.79 Å². The van der Waals surface area contributed by atoms with Gasteiger partial charge >= 0.3 is 0 Å². The molecule has 0 aliphatic carbocycles. The van der Waals surface area contributed by atoms with E-state index in [0.717, 1.165) is 4.90 Å². The fourth-order valence-corrected chi connectivity index (χ4v) is 1.99. The molecular weight excluding hydrogens is 234 g/mol. The molecule has 2 rings (SSSR count). The zero-order chi connectivity index (χ0) is 12.1. The first-order valence-corrected chi connectivity index (χ1v) is 6.21. The average molecular weight is 247 g/mol. The van der Waals surface area contributed by atoms with Crippen LogP contribution in [0.15, 0.2) is 41.4 Å². The predicted octanol–water partition coefficient (Wildman–Crippen LogP) is 2.45. The summed E-state index contributed by atoms with van der Waals surface area (Å²) < 4.78 is 0. The monoisotopic (exact) mass is 247 g/mol. The van der Waals surface area contributed by atoms with E-state index >= 15 is 0 Å². The number of rotatable bonds is 4. The Morgan fingerprint density at radius 3 is 2.76 bits per heavy atom. The van der Waals surface area contributed by atoms with Crippen molar-refractivity contribution >= 4 is 23.5 Å². The smallest absolute Gasteiger partial charge is 0.235 e. The molecule has 2 N–H and O–H groups in total. The van der Waals surface area contributed by atoms with Gasteiger partial charge in [-0.1, -0.05) is 17.7 Å². The second kappa shape index (κ2) is 5.54. The third-order valence-corrected chi connectivity index (χ3v) is 3.18. The van der Waals surface area contributed by atoms with Gasteiger partial charge in [0.05, 0.1) is 11.9 Å². The number of carbonyl (C=O) groups is 1. The molecule has 0 radical (unpaired) electrons. The SMILES string of the molecule is Cc1ccc(SCC(=O)Nc2ccn[nH]2)cc1. The molecule has 0 unspecified atom stereocenters. The van der Waals surface area contributed by atoms with Crippen LogP contribution in [0.3, 0.4) is 0 Å². The number of benzene rings is 1. The summed E-state index contributed by atoms with van der Waals surface area (Å²) in [6, 6.07) is 9.83. The van der Waals surface area contributed by atoms with Gasteiger partial charge in [0, 0.05) is 11.0 Å². The third kappa shape index (κ3) is 3.64. The number of aromatic nitrogens is 2. The highest BCUT2D eigenvalue weighted by molar-refractivity contribution is 8.00. The van der Waals surface area contributed by atoms with Gasteiger partial charge in [-0.3, -0.25) is 9.89 Å². The van der Waals surface area contributed by atoms with Crippen LogP contribution in [-0.2, 0) is 4.79 Å². The van der Waals surface area contributed by atoms with Gasteiger partial charge in [0.25, 0.3) is 0 Å². The van der Waals surface area contributed by atoms with Gasteiger partial charge < -0.3 is 5.32 Å². The molecule has 0 bridgehead atoms. The summed E-state index contributed by atoms with van der Waals surface area (Å²) in [5.41, 5.74) is 1.22. The van der Waals surface area contributed by atoms with Gasteiger partial charge in [0.15, 0.2) is 0 Å². The lowest BCUT2D eigenvalue weighted by molar-refractivity contribution is -0.113. The molecule has 0 aliphatic rings. The number of amides is 1. The molecule has 0 saturated heterocycles. The van der Waals surface area contributed by atoms with E-state index < -0.39 is 0 Å². The molecule has 2 aromatic rings. The summed E-state index contributed by atoms with van der Waals surface area (Å²) in [6.07, 6.45) is 1.60. The Kier molecular flexibility index (Phi) is 3.82. The van der Waals surface area contributed by atoms with Crippen molar-refractivity contribution in [3.63, 3.8) is 0 Å². The van der Waals surface area contributed by atoms with Gasteiger partial charge in [-0.2, -0.15) is 5.10 Å². The Morgan fingerprint density at radius 1 is 1.35 bits per heavy atom. The minimum Gasteiger partial charge on any atom is -0.310 e. The van der Waals surface area contributed by atoms with E-state index in [2.05, 4.69) is 15.5 Å². The van der Waals surface area contributed by atoms with E-state index in [4.69, 9.17) is 0 Å². The molecule has 0 atom stereocenters. The number of anilines is 1. The van der Waals surface area contributed by atoms with E-state index in [1.165, 1.54) is 17.3 Å². The Labute approximate surface area is 104 Å². The second-order valence-corrected chi connectivity index (χ2v) is 4.67. The standard InChI is InChI=1S/C12H13N3OS/c1-9-2-4-10(5-3-9)17-8-12(16)14-11-6-7-13-15-11/h2-7H,8H2,1H3,(H2,13,14,15,16). The largest absolute Gasteiger partial charge is 0.310 e. The van der Waals surface area contributed by atoms with Crippen LogP contribution in [0.25, 0.3) is 0 Å². The van der Waals surface area contributed by atoms with Crippen LogP contribution < -0.4 is 5.32 Å².